The summed E-state index contributed by atoms with van der Waals surface area (Å²) in [6.45, 7) is 3.94. The number of carbonyl (C=O) groups excluding carboxylic acids is 2. The van der Waals surface area contributed by atoms with E-state index in [1.165, 1.54) is 36.7 Å². The normalized spacial score (nSPS) is 16.1. The Morgan fingerprint density at radius 2 is 1.94 bits per heavy atom. The molecule has 2 aromatic rings. The zero-order valence-electron chi connectivity index (χ0n) is 19.0. The number of nitrogens with one attached hydrogen (secondary N) is 2. The quantitative estimate of drug-likeness (QED) is 0.450. The van der Waals surface area contributed by atoms with Gasteiger partial charge in [0.2, 0.25) is 10.3 Å². The van der Waals surface area contributed by atoms with E-state index < -0.39 is 28.2 Å². The Bertz CT molecular complexity index is 1310. The van der Waals surface area contributed by atoms with Crippen molar-refractivity contribution in [2.45, 2.75) is 20.0 Å². The fourth-order valence-electron chi connectivity index (χ4n) is 3.15. The number of halogens is 1. The smallest absolute Gasteiger partial charge is 0.277 e. The fraction of sp³-hybridized carbons (Fsp3) is 0.261. The Kier molecular flexibility index (Phi) is 8.88. The number of ether oxygens (including phenoxy) is 1. The summed E-state index contributed by atoms with van der Waals surface area (Å²) < 4.78 is 29.7. The minimum Gasteiger partial charge on any atom is -0.367 e. The largest absolute Gasteiger partial charge is 0.367 e. The predicted molar refractivity (Wildman–Crippen MR) is 134 cm³/mol. The molecule has 12 heteroatoms. The summed E-state index contributed by atoms with van der Waals surface area (Å²) in [6.07, 6.45) is 4.67. The van der Waals surface area contributed by atoms with Crippen LogP contribution >= 0.6 is 11.6 Å². The van der Waals surface area contributed by atoms with E-state index >= 15 is 0 Å². The van der Waals surface area contributed by atoms with Gasteiger partial charge in [0.05, 0.1) is 22.9 Å². The molecule has 4 N–H and O–H groups in total. The summed E-state index contributed by atoms with van der Waals surface area (Å²) >= 11 is 5.82. The van der Waals surface area contributed by atoms with Gasteiger partial charge in [-0.05, 0) is 49.2 Å². The van der Waals surface area contributed by atoms with E-state index in [-0.39, 0.29) is 40.2 Å². The number of hydrogen-bond donors (Lipinski definition) is 3. The first-order valence-electron chi connectivity index (χ1n) is 10.6. The van der Waals surface area contributed by atoms with Gasteiger partial charge in [-0.3, -0.25) is 9.59 Å². The van der Waals surface area contributed by atoms with Crippen molar-refractivity contribution in [2.75, 3.05) is 23.8 Å². The molecule has 10 nitrogen and oxygen atoms in total. The molecule has 0 saturated carbocycles. The van der Waals surface area contributed by atoms with E-state index in [0.717, 1.165) is 0 Å². The van der Waals surface area contributed by atoms with Crippen molar-refractivity contribution >= 4 is 50.1 Å². The van der Waals surface area contributed by atoms with Gasteiger partial charge in [-0.25, -0.2) is 9.97 Å². The molecule has 0 bridgehead atoms. The average Bonchev–Trinajstić information content (AvgIpc) is 2.83. The summed E-state index contributed by atoms with van der Waals surface area (Å²) in [4.78, 5) is 34.1. The standard InChI is InChI=1S/C23H24ClN5O5S/c1-13(10-25)12-34-20-16(7-5-14(2)21(20)35(32)33)22(30)28-17-4-3-9-26-19(17)23(31)29-18-8-6-15(24)11-27-18/h3-9,11,13,20H,10,12,25H2,1-2H3,(H,28,30)(H,27,29,31)/t13-,20?/m1/s1. The third kappa shape index (κ3) is 6.61. The van der Waals surface area contributed by atoms with Crippen LogP contribution in [0.3, 0.4) is 0 Å². The van der Waals surface area contributed by atoms with Crippen LogP contribution in [0.15, 0.2) is 60.0 Å². The summed E-state index contributed by atoms with van der Waals surface area (Å²) in [7, 11) is -2.62. The van der Waals surface area contributed by atoms with Gasteiger partial charge in [-0.1, -0.05) is 30.7 Å². The molecular formula is C23H24ClN5O5S. The number of hydrogen-bond acceptors (Lipinski definition) is 8. The van der Waals surface area contributed by atoms with Crippen LogP contribution in [0.2, 0.25) is 5.02 Å². The fourth-order valence-corrected chi connectivity index (χ4v) is 3.96. The van der Waals surface area contributed by atoms with Gasteiger partial charge in [-0.15, -0.1) is 0 Å². The number of pyridine rings is 2. The number of nitrogens with two attached hydrogens (primary N) is 1. The molecule has 0 spiro atoms. The molecule has 1 aliphatic rings. The van der Waals surface area contributed by atoms with Gasteiger partial charge in [0, 0.05) is 12.4 Å². The molecule has 2 amide bonds. The van der Waals surface area contributed by atoms with Gasteiger partial charge in [-0.2, -0.15) is 8.42 Å². The van der Waals surface area contributed by atoms with E-state index in [0.29, 0.717) is 17.1 Å². The number of aromatic nitrogens is 2. The lowest BCUT2D eigenvalue weighted by Crippen LogP contribution is -2.37. The Morgan fingerprint density at radius 1 is 1.17 bits per heavy atom. The Hall–Kier alpha value is -3.38. The van der Waals surface area contributed by atoms with E-state index in [1.54, 1.807) is 19.1 Å². The third-order valence-corrected chi connectivity index (χ3v) is 6.17. The molecule has 2 heterocycles. The summed E-state index contributed by atoms with van der Waals surface area (Å²) in [6, 6.07) is 6.14. The first-order chi connectivity index (χ1) is 16.7. The van der Waals surface area contributed by atoms with Crippen LogP contribution in [-0.4, -0.2) is 54.3 Å². The molecular weight excluding hydrogens is 494 g/mol. The monoisotopic (exact) mass is 517 g/mol. The molecule has 35 heavy (non-hydrogen) atoms. The average molecular weight is 518 g/mol. The van der Waals surface area contributed by atoms with Crippen molar-refractivity contribution in [3.8, 4) is 0 Å². The number of anilines is 2. The lowest BCUT2D eigenvalue weighted by atomic mass is 9.95. The lowest BCUT2D eigenvalue weighted by molar-refractivity contribution is -0.113. The molecule has 0 aliphatic heterocycles. The number of carbonyl (C=O) groups is 2. The molecule has 184 valence electrons. The lowest BCUT2D eigenvalue weighted by Gasteiger charge is -2.25. The van der Waals surface area contributed by atoms with Gasteiger partial charge in [0.15, 0.2) is 5.69 Å². The first kappa shape index (κ1) is 26.2. The molecule has 0 fully saturated rings. The van der Waals surface area contributed by atoms with Crippen LogP contribution in [0.5, 0.6) is 0 Å². The molecule has 1 aliphatic carbocycles. The van der Waals surface area contributed by atoms with Crippen molar-refractivity contribution < 1.29 is 22.7 Å². The SMILES string of the molecule is CC1=CC=C(C(=O)Nc2cccnc2C(=O)Nc2ccc(Cl)cn2)C(OC[C@H](C)CN)C1=S(=O)=O. The molecule has 2 aromatic heterocycles. The van der Waals surface area contributed by atoms with Gasteiger partial charge in [0.25, 0.3) is 11.8 Å². The van der Waals surface area contributed by atoms with Gasteiger partial charge >= 0.3 is 0 Å². The van der Waals surface area contributed by atoms with Crippen molar-refractivity contribution in [3.63, 3.8) is 0 Å². The topological polar surface area (TPSA) is 153 Å². The summed E-state index contributed by atoms with van der Waals surface area (Å²) in [5.74, 6) is -1.06. The van der Waals surface area contributed by atoms with Gasteiger partial charge in [0.1, 0.15) is 16.8 Å². The van der Waals surface area contributed by atoms with E-state index in [1.807, 2.05) is 6.92 Å². The minimum absolute atomic E-state index is 0.0418. The molecule has 0 saturated heterocycles. The van der Waals surface area contributed by atoms with E-state index in [4.69, 9.17) is 22.1 Å². The molecule has 3 rings (SSSR count). The van der Waals surface area contributed by atoms with Crippen molar-refractivity contribution in [1.29, 1.82) is 0 Å². The summed E-state index contributed by atoms with van der Waals surface area (Å²) in [5.41, 5.74) is 6.22. The van der Waals surface area contributed by atoms with Crippen LogP contribution < -0.4 is 16.4 Å². The molecule has 0 radical (unpaired) electrons. The Labute approximate surface area is 208 Å². The van der Waals surface area contributed by atoms with Crippen molar-refractivity contribution in [1.82, 2.24) is 9.97 Å². The Balaban J connectivity index is 1.87. The summed E-state index contributed by atoms with van der Waals surface area (Å²) in [5, 5.41) is 5.64. The highest BCUT2D eigenvalue weighted by Crippen LogP contribution is 2.23. The minimum atomic E-state index is -2.62. The number of allylic oxidation sites excluding steroid dienone is 2. The third-order valence-electron chi connectivity index (χ3n) is 5.05. The van der Waals surface area contributed by atoms with E-state index in [2.05, 4.69) is 20.6 Å². The van der Waals surface area contributed by atoms with Crippen LogP contribution in [-0.2, 0) is 19.8 Å². The molecule has 1 unspecified atom stereocenters. The molecule has 2 atom stereocenters. The van der Waals surface area contributed by atoms with Crippen LogP contribution in [0.1, 0.15) is 24.3 Å². The highest BCUT2D eigenvalue weighted by molar-refractivity contribution is 7.73. The maximum absolute atomic E-state index is 13.2. The van der Waals surface area contributed by atoms with Crippen molar-refractivity contribution in [2.24, 2.45) is 11.7 Å². The van der Waals surface area contributed by atoms with Gasteiger partial charge < -0.3 is 21.1 Å². The number of amides is 2. The van der Waals surface area contributed by atoms with Crippen LogP contribution in [0, 0.1) is 5.92 Å². The molecule has 0 aromatic carbocycles. The first-order valence-corrected chi connectivity index (χ1v) is 12.0. The maximum Gasteiger partial charge on any atom is 0.277 e. The highest BCUT2D eigenvalue weighted by Gasteiger charge is 2.32. The maximum atomic E-state index is 13.2. The second-order valence-electron chi connectivity index (χ2n) is 7.79. The zero-order valence-corrected chi connectivity index (χ0v) is 20.6. The Morgan fingerprint density at radius 3 is 2.60 bits per heavy atom. The van der Waals surface area contributed by atoms with E-state index in [9.17, 15) is 18.0 Å². The van der Waals surface area contributed by atoms with Crippen LogP contribution in [0.4, 0.5) is 11.5 Å². The van der Waals surface area contributed by atoms with Crippen molar-refractivity contribution in [3.05, 3.63) is 70.7 Å². The van der Waals surface area contributed by atoms with Crippen LogP contribution in [0.25, 0.3) is 0 Å². The second-order valence-corrected chi connectivity index (χ2v) is 9.14. The highest BCUT2D eigenvalue weighted by atomic mass is 35.5. The predicted octanol–water partition coefficient (Wildman–Crippen LogP) is 2.24. The zero-order chi connectivity index (χ0) is 25.5. The number of nitrogens with zero attached hydrogens (tertiary/aromatic N) is 2. The number of rotatable bonds is 8. The second kappa shape index (κ2) is 11.8.